The van der Waals surface area contributed by atoms with Gasteiger partial charge in [0.25, 0.3) is 0 Å². The van der Waals surface area contributed by atoms with Gasteiger partial charge < -0.3 is 107 Å². The molecule has 24 heteroatoms. The molecular formula is C60H60O24. The van der Waals surface area contributed by atoms with Crippen LogP contribution in [0, 0.1) is 0 Å². The first-order valence-electron chi connectivity index (χ1n) is 27.2. The summed E-state index contributed by atoms with van der Waals surface area (Å²) in [7, 11) is 0. The number of rotatable bonds is 11. The fourth-order valence-corrected chi connectivity index (χ4v) is 12.2. The average molecular weight is 1170 g/mol. The molecule has 8 N–H and O–H groups in total. The smallest absolute Gasteiger partial charge is 0.339 e. The Hall–Kier alpha value is -6.98. The molecule has 2 unspecified atom stereocenters. The van der Waals surface area contributed by atoms with E-state index in [9.17, 15) is 50.4 Å². The maximum absolute atomic E-state index is 13.3. The molecule has 0 aromatic heterocycles. The Bertz CT molecular complexity index is 3630. The van der Waals surface area contributed by atoms with E-state index in [4.69, 9.17) is 66.3 Å². The Morgan fingerprint density at radius 3 is 1.45 bits per heavy atom. The van der Waals surface area contributed by atoms with Crippen molar-refractivity contribution in [2.24, 2.45) is 0 Å². The normalized spacial score (nSPS) is 27.3. The van der Waals surface area contributed by atoms with Crippen LogP contribution >= 0.6 is 0 Å². The number of cyclic esters (lactones) is 2. The highest BCUT2D eigenvalue weighted by Crippen LogP contribution is 2.51. The van der Waals surface area contributed by atoms with Gasteiger partial charge in [-0.2, -0.15) is 0 Å². The van der Waals surface area contributed by atoms with Gasteiger partial charge >= 0.3 is 11.9 Å². The van der Waals surface area contributed by atoms with Crippen molar-refractivity contribution in [3.8, 4) is 56.8 Å². The quantitative estimate of drug-likeness (QED) is 0.0857. The van der Waals surface area contributed by atoms with Crippen molar-refractivity contribution >= 4 is 33.5 Å². The Labute approximate surface area is 477 Å². The van der Waals surface area contributed by atoms with Crippen LogP contribution in [-0.2, 0) is 77.5 Å². The molecule has 0 aliphatic carbocycles. The largest absolute Gasteiger partial charge is 0.461 e. The molecule has 0 saturated carbocycles. The Morgan fingerprint density at radius 2 is 0.952 bits per heavy atom. The van der Waals surface area contributed by atoms with E-state index in [1.165, 1.54) is 0 Å². The van der Waals surface area contributed by atoms with E-state index in [1.807, 2.05) is 0 Å². The SMILES string of the molecule is CC1(C)OC[C@H]2OC(Oc3c4c(c(-c5ccc6c(c5)OCO6)c5cc(CO)c(CO)cc35)C(=O)OC4)[C@H](O)[C@@H](O)[C@H]2O1.CC1(C)O[C@H]2[C@@H](O)[C@@H](CO)OC(Oc3c4c(c(-c5ccc6c(c5)OCO6)c5cc(CO)c(CO)cc35)C(=O)OC4)[C@@H]2O1. The third kappa shape index (κ3) is 9.50. The van der Waals surface area contributed by atoms with E-state index < -0.39 is 91.5 Å². The number of ether oxygens (including phenoxy) is 14. The second kappa shape index (κ2) is 21.5. The maximum Gasteiger partial charge on any atom is 0.339 e. The third-order valence-electron chi connectivity index (χ3n) is 16.2. The zero-order valence-electron chi connectivity index (χ0n) is 45.7. The van der Waals surface area contributed by atoms with Crippen LogP contribution in [0.5, 0.6) is 34.5 Å². The predicted octanol–water partition coefficient (Wildman–Crippen LogP) is 3.74. The molecule has 0 amide bonds. The molecule has 8 heterocycles. The van der Waals surface area contributed by atoms with Gasteiger partial charge in [0.15, 0.2) is 40.7 Å². The lowest BCUT2D eigenvalue weighted by atomic mass is 9.87. The lowest BCUT2D eigenvalue weighted by Gasteiger charge is -2.48. The summed E-state index contributed by atoms with van der Waals surface area (Å²) in [6, 6.07) is 17.4. The summed E-state index contributed by atoms with van der Waals surface area (Å²) in [6.07, 6.45) is -10.9. The number of carbonyl (C=O) groups excluding carboxylic acids is 2. The van der Waals surface area contributed by atoms with Crippen LogP contribution in [0.25, 0.3) is 43.8 Å². The Morgan fingerprint density at radius 1 is 0.488 bits per heavy atom. The molecular weight excluding hydrogens is 1100 g/mol. The van der Waals surface area contributed by atoms with E-state index >= 15 is 0 Å². The fraction of sp³-hybridized carbons (Fsp3) is 0.433. The summed E-state index contributed by atoms with van der Waals surface area (Å²) in [6.45, 7) is 4.92. The molecule has 84 heavy (non-hydrogen) atoms. The van der Waals surface area contributed by atoms with E-state index in [1.54, 1.807) is 88.4 Å². The molecule has 0 spiro atoms. The number of aliphatic hydroxyl groups excluding tert-OH is 8. The number of fused-ring (bicyclic) bond motifs is 8. The minimum atomic E-state index is -1.51. The molecule has 8 aliphatic rings. The zero-order valence-corrected chi connectivity index (χ0v) is 45.7. The number of aliphatic hydroxyl groups is 8. The first-order valence-corrected chi connectivity index (χ1v) is 27.2. The van der Waals surface area contributed by atoms with Crippen molar-refractivity contribution in [2.45, 2.75) is 140 Å². The fourth-order valence-electron chi connectivity index (χ4n) is 12.2. The molecule has 4 fully saturated rings. The van der Waals surface area contributed by atoms with E-state index in [0.717, 1.165) is 0 Å². The summed E-state index contributed by atoms with van der Waals surface area (Å²) >= 11 is 0. The average Bonchev–Trinajstić information content (AvgIpc) is 1.84. The lowest BCUT2D eigenvalue weighted by Crippen LogP contribution is -2.65. The van der Waals surface area contributed by atoms with Crippen LogP contribution in [0.3, 0.4) is 0 Å². The van der Waals surface area contributed by atoms with E-state index in [2.05, 4.69) is 0 Å². The highest BCUT2D eigenvalue weighted by Gasteiger charge is 2.57. The topological polar surface area (TPSA) is 325 Å². The zero-order chi connectivity index (χ0) is 58.7. The number of carbonyl (C=O) groups is 2. The Balaban J connectivity index is 0.000000157. The predicted molar refractivity (Wildman–Crippen MR) is 285 cm³/mol. The third-order valence-corrected chi connectivity index (χ3v) is 16.2. The minimum absolute atomic E-state index is 0.0754. The van der Waals surface area contributed by atoms with Crippen molar-refractivity contribution < 1.29 is 117 Å². The van der Waals surface area contributed by atoms with Crippen LogP contribution in [0.15, 0.2) is 60.7 Å². The highest BCUT2D eigenvalue weighted by atomic mass is 16.8. The molecule has 444 valence electrons. The van der Waals surface area contributed by atoms with Gasteiger partial charge in [0, 0.05) is 33.0 Å². The number of hydrogen-bond acceptors (Lipinski definition) is 24. The maximum atomic E-state index is 13.3. The molecule has 0 bridgehead atoms. The minimum Gasteiger partial charge on any atom is -0.461 e. The highest BCUT2D eigenvalue weighted by molar-refractivity contribution is 6.15. The van der Waals surface area contributed by atoms with E-state index in [0.29, 0.717) is 100 Å². The van der Waals surface area contributed by atoms with Gasteiger partial charge in [-0.05, 0) is 120 Å². The van der Waals surface area contributed by atoms with Crippen LogP contribution in [0.4, 0.5) is 0 Å². The summed E-state index contributed by atoms with van der Waals surface area (Å²) in [5, 5.41) is 85.3. The van der Waals surface area contributed by atoms with Crippen molar-refractivity contribution in [1.29, 1.82) is 0 Å². The molecule has 6 aromatic carbocycles. The molecule has 14 rings (SSSR count). The summed E-state index contributed by atoms with van der Waals surface area (Å²) in [5.74, 6) is -0.559. The van der Waals surface area contributed by atoms with Gasteiger partial charge in [0.2, 0.25) is 26.2 Å². The number of hydrogen-bond donors (Lipinski definition) is 8. The second-order valence-electron chi connectivity index (χ2n) is 22.2. The number of benzene rings is 6. The standard InChI is InChI=1S/2C30H30O12/c1-30(2)41-26-24(34)21(10-33)39-29(27(26)42-30)40-25-17-6-15(9-32)14(8-31)5-16(17)22(23-18(25)11-36-28(23)35)13-3-4-19-20(7-13)38-12-37-19;1-30(2)39-11-21-27(42-30)24(33)25(34)29(40-21)41-26-17-6-15(9-32)14(8-31)5-16(17)22(23-18(26)10-36-28(23)35)13-3-4-19-20(7-13)38-12-37-19/h3-7,21,24,26-27,29,31-34H,8-12H2,1-2H3;3-7,21,24-25,27,29,31-34H,8-12H2,1-2H3/t21-,24+,26+,27-,29?;21-,24-,25-,27+,29?/m11/s1. The van der Waals surface area contributed by atoms with E-state index in [-0.39, 0.29) is 82.5 Å². The lowest BCUT2D eigenvalue weighted by molar-refractivity contribution is -0.373. The van der Waals surface area contributed by atoms with Crippen LogP contribution in [0.2, 0.25) is 0 Å². The van der Waals surface area contributed by atoms with Gasteiger partial charge in [-0.15, -0.1) is 0 Å². The summed E-state index contributed by atoms with van der Waals surface area (Å²) in [4.78, 5) is 26.6. The summed E-state index contributed by atoms with van der Waals surface area (Å²) in [5.41, 5.74) is 5.55. The van der Waals surface area contributed by atoms with Gasteiger partial charge in [0.1, 0.15) is 67.4 Å². The first kappa shape index (κ1) is 56.2. The van der Waals surface area contributed by atoms with Crippen LogP contribution in [0.1, 0.15) is 81.8 Å². The van der Waals surface area contributed by atoms with Crippen molar-refractivity contribution in [2.75, 3.05) is 26.8 Å². The van der Waals surface area contributed by atoms with Crippen molar-refractivity contribution in [3.05, 3.63) is 105 Å². The van der Waals surface area contributed by atoms with Crippen molar-refractivity contribution in [1.82, 2.24) is 0 Å². The molecule has 4 saturated heterocycles. The first-order chi connectivity index (χ1) is 40.4. The van der Waals surface area contributed by atoms with Crippen LogP contribution in [-0.4, -0.2) is 153 Å². The van der Waals surface area contributed by atoms with Gasteiger partial charge in [-0.25, -0.2) is 9.59 Å². The molecule has 6 aromatic rings. The monoisotopic (exact) mass is 1160 g/mol. The number of esters is 2. The van der Waals surface area contributed by atoms with Crippen LogP contribution < -0.4 is 28.4 Å². The second-order valence-corrected chi connectivity index (χ2v) is 22.2. The van der Waals surface area contributed by atoms with Gasteiger partial charge in [0.05, 0.1) is 50.8 Å². The molecule has 8 aliphatic heterocycles. The van der Waals surface area contributed by atoms with Gasteiger partial charge in [-0.1, -0.05) is 12.1 Å². The molecule has 24 nitrogen and oxygen atoms in total. The van der Waals surface area contributed by atoms with Gasteiger partial charge in [-0.3, -0.25) is 0 Å². The van der Waals surface area contributed by atoms with Crippen molar-refractivity contribution in [3.63, 3.8) is 0 Å². The Kier molecular flexibility index (Phi) is 14.4. The summed E-state index contributed by atoms with van der Waals surface area (Å²) < 4.78 is 81.5. The molecule has 0 radical (unpaired) electrons. The molecule has 10 atom stereocenters.